The van der Waals surface area contributed by atoms with Gasteiger partial charge in [-0.15, -0.1) is 11.3 Å². The summed E-state index contributed by atoms with van der Waals surface area (Å²) in [5, 5.41) is 37.1. The molecule has 19 nitrogen and oxygen atoms in total. The molecule has 4 aromatic rings. The molecule has 3 aromatic heterocycles. The third-order valence-electron chi connectivity index (χ3n) is 31.4. The van der Waals surface area contributed by atoms with Gasteiger partial charge in [-0.3, -0.25) is 4.90 Å². The maximum atomic E-state index is 12.1. The summed E-state index contributed by atoms with van der Waals surface area (Å²) >= 11 is 1.25. The van der Waals surface area contributed by atoms with Crippen LogP contribution in [0.15, 0.2) is 59.6 Å². The van der Waals surface area contributed by atoms with Crippen molar-refractivity contribution < 1.29 is 63.8 Å². The Balaban J connectivity index is 0.000000801. The number of sulfone groups is 3. The molecular weight excluding hydrogens is 1910 g/mol. The number of aliphatic hydroxyl groups is 3. The highest BCUT2D eigenvalue weighted by molar-refractivity contribution is 7.94. The Morgan fingerprint density at radius 2 is 0.980 bits per heavy atom. The first kappa shape index (κ1) is 142. The van der Waals surface area contributed by atoms with Crippen molar-refractivity contribution in [2.24, 2.45) is 94.6 Å². The summed E-state index contributed by atoms with van der Waals surface area (Å²) < 4.78 is 95.4. The van der Waals surface area contributed by atoms with Gasteiger partial charge in [0, 0.05) is 43.7 Å². The van der Waals surface area contributed by atoms with Crippen LogP contribution < -0.4 is 0 Å². The number of aryl methyl sites for hydroxylation is 5. The summed E-state index contributed by atoms with van der Waals surface area (Å²) in [5.41, 5.74) is 7.32. The zero-order valence-corrected chi connectivity index (χ0v) is 108. The van der Waals surface area contributed by atoms with E-state index < -0.39 is 43.8 Å². The molecule has 7 saturated carbocycles. The fourth-order valence-corrected chi connectivity index (χ4v) is 28.5. The monoisotopic (exact) mass is 2150 g/mol. The second kappa shape index (κ2) is 58.4. The molecule has 4 aliphatic heterocycles. The fourth-order valence-electron chi connectivity index (χ4n) is 22.6. The van der Waals surface area contributed by atoms with Crippen LogP contribution in [0.1, 0.15) is 492 Å². The van der Waals surface area contributed by atoms with Crippen molar-refractivity contribution in [2.75, 3.05) is 72.4 Å². The number of morpholine rings is 1. The van der Waals surface area contributed by atoms with Crippen molar-refractivity contribution in [3.63, 3.8) is 0 Å². The second-order valence-corrected chi connectivity index (χ2v) is 68.1. The van der Waals surface area contributed by atoms with Crippen LogP contribution in [-0.4, -0.2) is 176 Å². The van der Waals surface area contributed by atoms with Gasteiger partial charge in [-0.2, -0.15) is 0 Å². The third-order valence-corrected chi connectivity index (χ3v) is 40.9. The van der Waals surface area contributed by atoms with Gasteiger partial charge >= 0.3 is 0 Å². The Morgan fingerprint density at radius 3 is 1.26 bits per heavy atom. The smallest absolute Gasteiger partial charge is 0.194 e. The van der Waals surface area contributed by atoms with Crippen molar-refractivity contribution >= 4 is 40.8 Å². The molecule has 0 spiro atoms. The molecule has 3 N–H and O–H groups in total. The summed E-state index contributed by atoms with van der Waals surface area (Å²) in [4.78, 5) is 9.68. The van der Waals surface area contributed by atoms with Crippen molar-refractivity contribution in [3.05, 3.63) is 70.0 Å². The highest BCUT2D eigenvalue weighted by atomic mass is 32.2. The molecule has 0 radical (unpaired) electrons. The molecule has 15 rings (SSSR count). The van der Waals surface area contributed by atoms with Gasteiger partial charge in [0.2, 0.25) is 0 Å². The molecule has 11 aliphatic rings. The Kier molecular flexibility index (Phi) is 56.3. The van der Waals surface area contributed by atoms with E-state index in [1.807, 2.05) is 34.6 Å². The van der Waals surface area contributed by atoms with Gasteiger partial charge in [-0.05, 0) is 355 Å². The number of hydrogen-bond acceptors (Lipinski definition) is 20. The predicted molar refractivity (Wildman–Crippen MR) is 626 cm³/mol. The van der Waals surface area contributed by atoms with Crippen molar-refractivity contribution in [3.8, 4) is 0 Å². The maximum absolute atomic E-state index is 12.1. The van der Waals surface area contributed by atoms with Gasteiger partial charge in [0.15, 0.2) is 41.0 Å². The van der Waals surface area contributed by atoms with E-state index >= 15 is 0 Å². The maximum Gasteiger partial charge on any atom is 0.194 e. The standard InChI is InChI=1S/C14H24O.C12H25NO.C11H16.C10H21N.2C10H20O.C10H20.C9H15NO3S.C9H15NO2S2.C9H18O.C8H13NO3S.C8H16O.2C2H6/c1-12(2,3)13-5-10-4-11(6-13)8-14(15,7-10)9-13;1-11(2,3)10-12(4,5)13-6-8-14-9-7-13;1-11(2,3)9-10-7-5-4-6-8-10;1-10(2,3)6-9-11-7-4-5-8-11;1-9(2,3)7-10(8-11)5-4-6-10;1-9(2,3)10(8-11)6-4-5-7-10;1-10(2,3)9-7-5-4-6-8-9;1-6-8(7(2)13-10-6)14(11,12)9(3,4)5;1-6-8(13-7(2)10-6)14(11,12)9(3,4)5;1-7-8(6-10-7)5-9(2,3)4;1-6-7(5-9-12-6)13(10,11)8(2,3)4;1-6-7(5-9-6)8(2,3)4;2*1-2/h10-11,15H,4-9H2,1-3H3;6-10H2,1-5H3;4-8H,9H2,1-3H3;4-9H2,1-3H3;2*11H,4-8H2,1-3H3;9H,4-8H2,1-3H3;2*1-5H3;7-8H,5-6H2,1-4H3;5H,1-4H3;6-7H,5H2,1-4H3;2*1-2H3. The van der Waals surface area contributed by atoms with E-state index in [1.165, 1.54) is 178 Å². The zero-order chi connectivity index (χ0) is 114. The minimum Gasteiger partial charge on any atom is -0.396 e. The van der Waals surface area contributed by atoms with Crippen LogP contribution >= 0.6 is 11.3 Å². The lowest BCUT2D eigenvalue weighted by Gasteiger charge is -2.64. The van der Waals surface area contributed by atoms with Gasteiger partial charge in [-0.1, -0.05) is 294 Å². The number of rotatable bonds is 12. The fraction of sp³-hybridized carbons (Fsp3) is 0.879. The second-order valence-electron chi connectivity index (χ2n) is 58.7. The van der Waals surface area contributed by atoms with Crippen LogP contribution in [0.2, 0.25) is 0 Å². The van der Waals surface area contributed by atoms with E-state index in [0.29, 0.717) is 112 Å². The topological polar surface area (TPSA) is 262 Å². The van der Waals surface area contributed by atoms with Gasteiger partial charge in [0.1, 0.15) is 14.0 Å². The molecule has 0 amide bonds. The first-order valence-corrected chi connectivity index (χ1v) is 62.5. The molecule has 23 heteroatoms. The molecule has 6 atom stereocenters. The third kappa shape index (κ3) is 48.0. The molecule has 6 unspecified atom stereocenters. The van der Waals surface area contributed by atoms with Gasteiger partial charge in [0.25, 0.3) is 0 Å². The minimum absolute atomic E-state index is 0.181. The number of aliphatic hydroxyl groups excluding tert-OH is 2. The van der Waals surface area contributed by atoms with Crippen molar-refractivity contribution in [2.45, 2.75) is 551 Å². The van der Waals surface area contributed by atoms with E-state index in [-0.39, 0.29) is 26.2 Å². The van der Waals surface area contributed by atoms with Crippen molar-refractivity contribution in [1.82, 2.24) is 25.1 Å². The Morgan fingerprint density at radius 1 is 0.490 bits per heavy atom. The van der Waals surface area contributed by atoms with Crippen molar-refractivity contribution in [1.29, 1.82) is 0 Å². The molecule has 147 heavy (non-hydrogen) atoms. The highest BCUT2D eigenvalue weighted by Gasteiger charge is 2.61. The lowest BCUT2D eigenvalue weighted by atomic mass is 9.42. The highest BCUT2D eigenvalue weighted by Crippen LogP contribution is 2.67. The Labute approximate surface area is 911 Å². The van der Waals surface area contributed by atoms with Crippen LogP contribution in [0.3, 0.4) is 0 Å². The van der Waals surface area contributed by atoms with Crippen LogP contribution in [-0.2, 0) is 50.1 Å². The average Bonchev–Trinajstić information content (AvgIpc) is 1.21. The SMILES string of the molecule is CC.CC.CC(C)(C)C1(CO)CCCC1.CC(C)(C)C12CC3CC(CC(O)(C3)C1)C2.CC(C)(C)C1CCCCC1.CC(C)(C)CC(C)(C)N1CCOCC1.CC(C)(C)CC1(CO)CCC1.CC(C)(C)CCN1CCCC1.CC(C)(C)Cc1ccccc1.CC1OCC1C(C)(C)C.CC1OCC1CC(C)(C)C.Cc1nc(C)c(S(=O)(=O)C(C)(C)C)s1.Cc1noc(C)c1S(=O)(=O)C(C)(C)C.Cc1oncc1S(=O)(=O)C(C)(C)C. The van der Waals surface area contributed by atoms with Crippen LogP contribution in [0.25, 0.3) is 0 Å². The lowest BCUT2D eigenvalue weighted by Crippen LogP contribution is -2.59. The molecule has 4 bridgehead atoms. The van der Waals surface area contributed by atoms with E-state index in [0.717, 1.165) is 99.8 Å². The molecule has 864 valence electrons. The number of nitrogens with zero attached hydrogens (tertiary/aromatic N) is 5. The molecular formula is C124H235N5O14S4. The molecule has 4 saturated heterocycles. The van der Waals surface area contributed by atoms with Gasteiger partial charge in [-0.25, -0.2) is 30.2 Å². The molecule has 7 aliphatic carbocycles. The summed E-state index contributed by atoms with van der Waals surface area (Å²) in [7, 11) is -9.90. The minimum atomic E-state index is -3.35. The Bertz CT molecular complexity index is 4620. The molecule has 7 heterocycles. The average molecular weight is 2150 g/mol. The first-order valence-electron chi connectivity index (χ1n) is 57.3. The van der Waals surface area contributed by atoms with Crippen LogP contribution in [0.4, 0.5) is 0 Å². The Hall–Kier alpha value is -3.20. The molecule has 1 aromatic carbocycles. The summed E-state index contributed by atoms with van der Waals surface area (Å²) in [6.45, 7) is 113. The van der Waals surface area contributed by atoms with E-state index in [9.17, 15) is 40.6 Å². The quantitative estimate of drug-likeness (QED) is 0.119. The number of ether oxygens (including phenoxy) is 3. The van der Waals surface area contributed by atoms with E-state index in [2.05, 4.69) is 270 Å². The summed E-state index contributed by atoms with van der Waals surface area (Å²) in [6, 6.07) is 10.6. The predicted octanol–water partition coefficient (Wildman–Crippen LogP) is 32.8. The van der Waals surface area contributed by atoms with E-state index in [4.69, 9.17) is 23.3 Å². The number of hydrogen-bond donors (Lipinski definition) is 3. The number of benzene rings is 1. The summed E-state index contributed by atoms with van der Waals surface area (Å²) in [5.74, 6) is 4.96. The zero-order valence-electron chi connectivity index (χ0n) is 105. The first-order chi connectivity index (χ1) is 66.5. The normalized spacial score (nSPS) is 23.3. The van der Waals surface area contributed by atoms with Crippen LogP contribution in [0, 0.1) is 129 Å². The van der Waals surface area contributed by atoms with Gasteiger partial charge < -0.3 is 43.5 Å². The van der Waals surface area contributed by atoms with E-state index in [1.54, 1.807) is 90.0 Å². The number of likely N-dealkylation sites (tertiary alicyclic amines) is 1. The van der Waals surface area contributed by atoms with Crippen LogP contribution in [0.5, 0.6) is 0 Å². The summed E-state index contributed by atoms with van der Waals surface area (Å²) in [6.07, 6.45) is 35.0. The lowest BCUT2D eigenvalue weighted by molar-refractivity contribution is -0.195. The number of aromatic nitrogens is 3. The molecule has 11 fully saturated rings. The van der Waals surface area contributed by atoms with Gasteiger partial charge in [0.05, 0.1) is 81.1 Å². The largest absolute Gasteiger partial charge is 0.396 e. The number of thiazole rings is 1.